The number of rotatable bonds is 4. The zero-order valence-corrected chi connectivity index (χ0v) is 19.5. The number of fused-ring (bicyclic) bond motifs is 1. The Morgan fingerprint density at radius 1 is 0.914 bits per heavy atom. The average Bonchev–Trinajstić information content (AvgIpc) is 2.92. The molecule has 5 rings (SSSR count). The predicted molar refractivity (Wildman–Crippen MR) is 134 cm³/mol. The van der Waals surface area contributed by atoms with Gasteiger partial charge in [0.05, 0.1) is 35.6 Å². The maximum Gasteiger partial charge on any atom is 0.271 e. The number of pyridine rings is 2. The summed E-state index contributed by atoms with van der Waals surface area (Å²) in [4.78, 5) is 36.9. The minimum atomic E-state index is -0.462. The highest BCUT2D eigenvalue weighted by atomic mass is 35.5. The van der Waals surface area contributed by atoms with Gasteiger partial charge in [-0.2, -0.15) is 0 Å². The monoisotopic (exact) mass is 487 g/mol. The number of ether oxygens (including phenoxy) is 1. The summed E-state index contributed by atoms with van der Waals surface area (Å²) in [5, 5.41) is 1.29. The number of anilines is 1. The molecule has 0 unspecified atom stereocenters. The van der Waals surface area contributed by atoms with E-state index in [0.29, 0.717) is 46.0 Å². The van der Waals surface area contributed by atoms with E-state index >= 15 is 0 Å². The summed E-state index contributed by atoms with van der Waals surface area (Å²) in [6.45, 7) is 2.82. The van der Waals surface area contributed by atoms with Gasteiger partial charge < -0.3 is 9.64 Å². The molecule has 0 atom stereocenters. The number of halogens is 1. The summed E-state index contributed by atoms with van der Waals surface area (Å²) < 4.78 is 5.35. The van der Waals surface area contributed by atoms with Crippen LogP contribution in [0.15, 0.2) is 72.9 Å². The second kappa shape index (κ2) is 10.1. The number of aromatic nitrogens is 2. The lowest BCUT2D eigenvalue weighted by molar-refractivity contribution is 0.0847. The minimum Gasteiger partial charge on any atom is -0.378 e. The van der Waals surface area contributed by atoms with Crippen LogP contribution in [0.1, 0.15) is 20.7 Å². The van der Waals surface area contributed by atoms with Gasteiger partial charge >= 0.3 is 0 Å². The molecule has 1 fully saturated rings. The molecule has 3 heterocycles. The summed E-state index contributed by atoms with van der Waals surface area (Å²) in [6.07, 6.45) is 1.49. The highest BCUT2D eigenvalue weighted by Gasteiger charge is 2.16. The van der Waals surface area contributed by atoms with Crippen molar-refractivity contribution < 1.29 is 14.3 Å². The molecule has 1 aliphatic heterocycles. The Hall–Kier alpha value is -4.01. The first kappa shape index (κ1) is 22.8. The van der Waals surface area contributed by atoms with E-state index in [1.807, 2.05) is 36.4 Å². The fourth-order valence-electron chi connectivity index (χ4n) is 3.88. The minimum absolute atomic E-state index is 0.337. The molecule has 0 radical (unpaired) electrons. The maximum atomic E-state index is 13.1. The van der Waals surface area contributed by atoms with Crippen molar-refractivity contribution >= 4 is 40.1 Å². The molecular formula is C26H22ClN5O3. The second-order valence-electron chi connectivity index (χ2n) is 7.99. The Morgan fingerprint density at radius 2 is 1.66 bits per heavy atom. The lowest BCUT2D eigenvalue weighted by Gasteiger charge is -2.27. The standard InChI is InChI=1S/C26H22ClN5O3/c27-19-8-5-17(6-9-19)23-15-21(20-3-1-2-4-22(20)29-23)26(34)31-30-25(33)18-7-10-24(28-16-18)32-11-13-35-14-12-32/h1-10,15-16H,11-14H2,(H,30,33)(H,31,34). The Kier molecular flexibility index (Phi) is 6.56. The van der Waals surface area contributed by atoms with Gasteiger partial charge in [-0.05, 0) is 36.4 Å². The molecule has 9 heteroatoms. The van der Waals surface area contributed by atoms with E-state index in [9.17, 15) is 9.59 Å². The van der Waals surface area contributed by atoms with Crippen LogP contribution in [0.25, 0.3) is 22.2 Å². The second-order valence-corrected chi connectivity index (χ2v) is 8.43. The molecule has 35 heavy (non-hydrogen) atoms. The number of amides is 2. The fourth-order valence-corrected chi connectivity index (χ4v) is 4.01. The Morgan fingerprint density at radius 3 is 2.40 bits per heavy atom. The third-order valence-electron chi connectivity index (χ3n) is 5.74. The zero-order chi connectivity index (χ0) is 24.2. The Balaban J connectivity index is 1.33. The summed E-state index contributed by atoms with van der Waals surface area (Å²) in [5.41, 5.74) is 7.83. The largest absolute Gasteiger partial charge is 0.378 e. The number of morpholine rings is 1. The number of carbonyl (C=O) groups excluding carboxylic acids is 2. The van der Waals surface area contributed by atoms with E-state index in [4.69, 9.17) is 16.3 Å². The summed E-state index contributed by atoms with van der Waals surface area (Å²) in [7, 11) is 0. The molecule has 8 nitrogen and oxygen atoms in total. The van der Waals surface area contributed by atoms with Crippen molar-refractivity contribution in [2.75, 3.05) is 31.2 Å². The van der Waals surface area contributed by atoms with Crippen LogP contribution in [0.4, 0.5) is 5.82 Å². The maximum absolute atomic E-state index is 13.1. The number of nitrogens with zero attached hydrogens (tertiary/aromatic N) is 3. The summed E-state index contributed by atoms with van der Waals surface area (Å²) >= 11 is 6.01. The first-order chi connectivity index (χ1) is 17.1. The van der Waals surface area contributed by atoms with E-state index in [1.54, 1.807) is 30.3 Å². The third kappa shape index (κ3) is 5.08. The Bertz CT molecular complexity index is 1370. The van der Waals surface area contributed by atoms with E-state index in [1.165, 1.54) is 6.20 Å². The Labute approximate surface area is 206 Å². The van der Waals surface area contributed by atoms with E-state index < -0.39 is 11.8 Å². The summed E-state index contributed by atoms with van der Waals surface area (Å²) in [5.74, 6) is -0.132. The van der Waals surface area contributed by atoms with Crippen molar-refractivity contribution in [3.8, 4) is 11.3 Å². The number of hydrogen-bond acceptors (Lipinski definition) is 6. The SMILES string of the molecule is O=C(NNC(=O)c1cc(-c2ccc(Cl)cc2)nc2ccccc12)c1ccc(N2CCOCC2)nc1. The molecule has 2 aromatic carbocycles. The molecule has 2 amide bonds. The molecule has 4 aromatic rings. The third-order valence-corrected chi connectivity index (χ3v) is 5.99. The molecule has 0 saturated carbocycles. The normalized spacial score (nSPS) is 13.5. The molecule has 0 bridgehead atoms. The number of para-hydroxylation sites is 1. The number of benzene rings is 2. The lowest BCUT2D eigenvalue weighted by Crippen LogP contribution is -2.42. The van der Waals surface area contributed by atoms with Crippen molar-refractivity contribution in [3.05, 3.63) is 89.1 Å². The topological polar surface area (TPSA) is 96.5 Å². The molecule has 1 saturated heterocycles. The molecule has 0 aliphatic carbocycles. The van der Waals surface area contributed by atoms with Crippen LogP contribution in [-0.2, 0) is 4.74 Å². The van der Waals surface area contributed by atoms with Crippen LogP contribution in [0.2, 0.25) is 5.02 Å². The van der Waals surface area contributed by atoms with E-state index in [2.05, 4.69) is 25.7 Å². The van der Waals surface area contributed by atoms with Gasteiger partial charge in [-0.25, -0.2) is 9.97 Å². The van der Waals surface area contributed by atoms with Crippen LogP contribution < -0.4 is 15.8 Å². The highest BCUT2D eigenvalue weighted by molar-refractivity contribution is 6.30. The average molecular weight is 488 g/mol. The molecule has 2 N–H and O–H groups in total. The van der Waals surface area contributed by atoms with Gasteiger partial charge in [0.15, 0.2) is 0 Å². The highest BCUT2D eigenvalue weighted by Crippen LogP contribution is 2.26. The molecule has 1 aliphatic rings. The van der Waals surface area contributed by atoms with Gasteiger partial charge in [-0.15, -0.1) is 0 Å². The molecule has 176 valence electrons. The number of carbonyl (C=O) groups is 2. The number of nitrogens with one attached hydrogen (secondary N) is 2. The van der Waals surface area contributed by atoms with Crippen molar-refractivity contribution in [3.63, 3.8) is 0 Å². The van der Waals surface area contributed by atoms with Crippen molar-refractivity contribution in [2.24, 2.45) is 0 Å². The number of hydrazine groups is 1. The molecule has 2 aromatic heterocycles. The van der Waals surface area contributed by atoms with Crippen molar-refractivity contribution in [1.29, 1.82) is 0 Å². The quantitative estimate of drug-likeness (QED) is 0.424. The van der Waals surface area contributed by atoms with E-state index in [0.717, 1.165) is 24.5 Å². The van der Waals surface area contributed by atoms with Gasteiger partial charge in [-0.1, -0.05) is 41.9 Å². The number of hydrogen-bond donors (Lipinski definition) is 2. The van der Waals surface area contributed by atoms with Crippen molar-refractivity contribution in [2.45, 2.75) is 0 Å². The smallest absolute Gasteiger partial charge is 0.271 e. The fraction of sp³-hybridized carbons (Fsp3) is 0.154. The predicted octanol–water partition coefficient (Wildman–Crippen LogP) is 3.86. The summed E-state index contributed by atoms with van der Waals surface area (Å²) in [6, 6.07) is 19.7. The van der Waals surface area contributed by atoms with Crippen LogP contribution >= 0.6 is 11.6 Å². The van der Waals surface area contributed by atoms with Gasteiger partial charge in [0.2, 0.25) is 0 Å². The van der Waals surface area contributed by atoms with Gasteiger partial charge in [0.1, 0.15) is 5.82 Å². The molecule has 0 spiro atoms. The van der Waals surface area contributed by atoms with Gasteiger partial charge in [-0.3, -0.25) is 20.4 Å². The zero-order valence-electron chi connectivity index (χ0n) is 18.7. The van der Waals surface area contributed by atoms with Gasteiger partial charge in [0.25, 0.3) is 11.8 Å². The van der Waals surface area contributed by atoms with E-state index in [-0.39, 0.29) is 0 Å². The van der Waals surface area contributed by atoms with Crippen LogP contribution in [0.5, 0.6) is 0 Å². The van der Waals surface area contributed by atoms with Crippen LogP contribution in [-0.4, -0.2) is 48.1 Å². The van der Waals surface area contributed by atoms with Crippen molar-refractivity contribution in [1.82, 2.24) is 20.8 Å². The van der Waals surface area contributed by atoms with Gasteiger partial charge in [0, 0.05) is 35.3 Å². The lowest BCUT2D eigenvalue weighted by atomic mass is 10.0. The van der Waals surface area contributed by atoms with Crippen LogP contribution in [0, 0.1) is 0 Å². The first-order valence-corrected chi connectivity index (χ1v) is 11.5. The first-order valence-electron chi connectivity index (χ1n) is 11.1. The molecular weight excluding hydrogens is 466 g/mol. The van der Waals surface area contributed by atoms with Crippen LogP contribution in [0.3, 0.4) is 0 Å².